The van der Waals surface area contributed by atoms with Gasteiger partial charge in [0.05, 0.1) is 21.2 Å². The minimum atomic E-state index is -0.0235. The number of thiophene rings is 3. The molecule has 0 fully saturated rings. The van der Waals surface area contributed by atoms with Crippen molar-refractivity contribution in [3.05, 3.63) is 22.4 Å². The van der Waals surface area contributed by atoms with Crippen LogP contribution < -0.4 is 18.9 Å². The zero-order chi connectivity index (χ0) is 16.8. The third kappa shape index (κ3) is 2.52. The first kappa shape index (κ1) is 15.5. The van der Waals surface area contributed by atoms with Crippen LogP contribution in [0.1, 0.15) is 5.56 Å². The average Bonchev–Trinajstić information content (AvgIpc) is 3.36. The van der Waals surface area contributed by atoms with Crippen molar-refractivity contribution in [3.63, 3.8) is 0 Å². The Labute approximate surface area is 156 Å². The highest BCUT2D eigenvalue weighted by atomic mass is 32.1. The molecule has 3 aromatic rings. The predicted octanol–water partition coefficient (Wildman–Crippen LogP) is 4.24. The van der Waals surface area contributed by atoms with E-state index in [4.69, 9.17) is 18.9 Å². The molecule has 0 amide bonds. The second kappa shape index (κ2) is 6.21. The molecule has 0 bridgehead atoms. The molecule has 0 saturated carbocycles. The Hall–Kier alpha value is -1.74. The molecule has 3 aromatic heterocycles. The Morgan fingerprint density at radius 3 is 2.08 bits per heavy atom. The minimum absolute atomic E-state index is 0.0235. The van der Waals surface area contributed by atoms with Crippen LogP contribution in [0, 0.1) is 0 Å². The van der Waals surface area contributed by atoms with Gasteiger partial charge in [-0.3, -0.25) is 0 Å². The molecule has 2 aliphatic rings. The van der Waals surface area contributed by atoms with E-state index in [1.165, 1.54) is 0 Å². The third-order valence-electron chi connectivity index (χ3n) is 4.01. The zero-order valence-electron chi connectivity index (χ0n) is 13.1. The minimum Gasteiger partial charge on any atom is -0.485 e. The molecule has 0 spiro atoms. The lowest BCUT2D eigenvalue weighted by Crippen LogP contribution is -2.14. The van der Waals surface area contributed by atoms with Gasteiger partial charge in [0.15, 0.2) is 23.0 Å². The van der Waals surface area contributed by atoms with Crippen LogP contribution in [0.4, 0.5) is 0 Å². The van der Waals surface area contributed by atoms with Crippen LogP contribution in [-0.2, 0) is 6.61 Å². The molecule has 0 radical (unpaired) electrons. The highest BCUT2D eigenvalue weighted by molar-refractivity contribution is 7.26. The van der Waals surface area contributed by atoms with E-state index < -0.39 is 0 Å². The first-order chi connectivity index (χ1) is 12.3. The van der Waals surface area contributed by atoms with E-state index in [1.807, 2.05) is 16.8 Å². The summed E-state index contributed by atoms with van der Waals surface area (Å²) in [5.74, 6) is 3.18. The van der Waals surface area contributed by atoms with Gasteiger partial charge in [-0.05, 0) is 11.6 Å². The third-order valence-corrected chi connectivity index (χ3v) is 7.41. The van der Waals surface area contributed by atoms with Crippen molar-refractivity contribution in [1.29, 1.82) is 0 Å². The molecular weight excluding hydrogens is 380 g/mol. The fourth-order valence-corrected chi connectivity index (χ4v) is 6.23. The number of fused-ring (bicyclic) bond motifs is 2. The molecule has 25 heavy (non-hydrogen) atoms. The van der Waals surface area contributed by atoms with Crippen LogP contribution >= 0.6 is 34.0 Å². The van der Waals surface area contributed by atoms with Gasteiger partial charge in [-0.25, -0.2) is 0 Å². The van der Waals surface area contributed by atoms with E-state index >= 15 is 0 Å². The lowest BCUT2D eigenvalue weighted by atomic mass is 10.2. The quantitative estimate of drug-likeness (QED) is 0.720. The van der Waals surface area contributed by atoms with Crippen molar-refractivity contribution >= 4 is 34.0 Å². The zero-order valence-corrected chi connectivity index (χ0v) is 15.5. The summed E-state index contributed by atoms with van der Waals surface area (Å²) in [6.07, 6.45) is 0. The van der Waals surface area contributed by atoms with Crippen LogP contribution in [0.2, 0.25) is 0 Å². The molecule has 5 nitrogen and oxygen atoms in total. The Morgan fingerprint density at radius 1 is 0.800 bits per heavy atom. The average molecular weight is 394 g/mol. The van der Waals surface area contributed by atoms with Gasteiger partial charge in [-0.2, -0.15) is 0 Å². The van der Waals surface area contributed by atoms with E-state index in [9.17, 15) is 5.11 Å². The first-order valence-electron chi connectivity index (χ1n) is 7.83. The fourth-order valence-electron chi connectivity index (χ4n) is 2.90. The second-order valence-corrected chi connectivity index (χ2v) is 8.34. The van der Waals surface area contributed by atoms with Crippen LogP contribution in [0.3, 0.4) is 0 Å². The van der Waals surface area contributed by atoms with Crippen LogP contribution in [0.5, 0.6) is 23.0 Å². The summed E-state index contributed by atoms with van der Waals surface area (Å²) in [4.78, 5) is 4.14. The highest BCUT2D eigenvalue weighted by Gasteiger charge is 2.26. The standard InChI is InChI=1S/C17H14O5S3/c18-6-9-5-12(16-13-10(7-23-16)19-1-3-21-13)25-15(9)17-14-11(8-24-17)20-2-4-22-14/h5,7-8,18H,1-4,6H2. The summed E-state index contributed by atoms with van der Waals surface area (Å²) >= 11 is 4.82. The Balaban J connectivity index is 1.61. The maximum Gasteiger partial charge on any atom is 0.180 e. The molecule has 5 rings (SSSR count). The first-order valence-corrected chi connectivity index (χ1v) is 10.4. The summed E-state index contributed by atoms with van der Waals surface area (Å²) in [6, 6.07) is 2.03. The number of aliphatic hydroxyl groups is 1. The van der Waals surface area contributed by atoms with Gasteiger partial charge in [-0.1, -0.05) is 0 Å². The van der Waals surface area contributed by atoms with Gasteiger partial charge >= 0.3 is 0 Å². The summed E-state index contributed by atoms with van der Waals surface area (Å²) in [5, 5.41) is 13.8. The van der Waals surface area contributed by atoms with Crippen molar-refractivity contribution < 1.29 is 24.1 Å². The van der Waals surface area contributed by atoms with E-state index in [2.05, 4.69) is 0 Å². The van der Waals surface area contributed by atoms with E-state index in [0.29, 0.717) is 26.4 Å². The molecule has 0 saturated heterocycles. The molecule has 1 N–H and O–H groups in total. The van der Waals surface area contributed by atoms with Gasteiger partial charge in [0, 0.05) is 15.6 Å². The molecular formula is C17H14O5S3. The molecule has 5 heterocycles. The molecule has 0 atom stereocenters. The molecule has 0 aliphatic carbocycles. The topological polar surface area (TPSA) is 57.2 Å². The van der Waals surface area contributed by atoms with Gasteiger partial charge in [0.2, 0.25) is 0 Å². The van der Waals surface area contributed by atoms with Crippen LogP contribution in [0.25, 0.3) is 19.5 Å². The lowest BCUT2D eigenvalue weighted by Gasteiger charge is -2.16. The molecule has 0 aromatic carbocycles. The number of rotatable bonds is 3. The number of hydrogen-bond acceptors (Lipinski definition) is 8. The Morgan fingerprint density at radius 2 is 1.40 bits per heavy atom. The van der Waals surface area contributed by atoms with Crippen molar-refractivity contribution in [2.24, 2.45) is 0 Å². The molecule has 0 unspecified atom stereocenters. The summed E-state index contributed by atoms with van der Waals surface area (Å²) in [7, 11) is 0. The predicted molar refractivity (Wildman–Crippen MR) is 98.8 cm³/mol. The van der Waals surface area contributed by atoms with Crippen molar-refractivity contribution in [1.82, 2.24) is 0 Å². The van der Waals surface area contributed by atoms with Crippen molar-refractivity contribution in [2.75, 3.05) is 26.4 Å². The lowest BCUT2D eigenvalue weighted by molar-refractivity contribution is 0.174. The second-order valence-electron chi connectivity index (χ2n) is 5.53. The monoisotopic (exact) mass is 394 g/mol. The van der Waals surface area contributed by atoms with Gasteiger partial charge in [-0.15, -0.1) is 34.0 Å². The number of ether oxygens (including phenoxy) is 4. The van der Waals surface area contributed by atoms with Crippen LogP contribution in [0.15, 0.2) is 16.8 Å². The van der Waals surface area contributed by atoms with Gasteiger partial charge < -0.3 is 24.1 Å². The Bertz CT molecular complexity index is 923. The van der Waals surface area contributed by atoms with Crippen molar-refractivity contribution in [3.8, 4) is 42.5 Å². The van der Waals surface area contributed by atoms with Crippen LogP contribution in [-0.4, -0.2) is 31.5 Å². The number of aliphatic hydroxyl groups excluding tert-OH is 1. The molecule has 2 aliphatic heterocycles. The number of hydrogen-bond donors (Lipinski definition) is 1. The molecule has 8 heteroatoms. The maximum atomic E-state index is 9.86. The summed E-state index contributed by atoms with van der Waals surface area (Å²) < 4.78 is 22.9. The largest absolute Gasteiger partial charge is 0.485 e. The van der Waals surface area contributed by atoms with E-state index in [-0.39, 0.29) is 6.61 Å². The summed E-state index contributed by atoms with van der Waals surface area (Å²) in [5.41, 5.74) is 0.887. The van der Waals surface area contributed by atoms with E-state index in [1.54, 1.807) is 34.0 Å². The maximum absolute atomic E-state index is 9.86. The smallest absolute Gasteiger partial charge is 0.180 e. The normalized spacial score (nSPS) is 15.4. The molecule has 130 valence electrons. The van der Waals surface area contributed by atoms with Crippen molar-refractivity contribution in [2.45, 2.75) is 6.61 Å². The van der Waals surface area contributed by atoms with Gasteiger partial charge in [0.1, 0.15) is 26.4 Å². The Kier molecular flexibility index (Phi) is 3.85. The fraction of sp³-hybridized carbons (Fsp3) is 0.294. The summed E-state index contributed by atoms with van der Waals surface area (Å²) in [6.45, 7) is 2.24. The van der Waals surface area contributed by atoms with Gasteiger partial charge in [0.25, 0.3) is 0 Å². The van der Waals surface area contributed by atoms with E-state index in [0.717, 1.165) is 48.1 Å². The highest BCUT2D eigenvalue weighted by Crippen LogP contribution is 2.53. The SMILES string of the molecule is OCc1cc(-c2scc3c2OCCO3)sc1-c1scc2c1OCCO2.